The van der Waals surface area contributed by atoms with Crippen molar-refractivity contribution in [3.8, 4) is 0 Å². The van der Waals surface area contributed by atoms with Crippen LogP contribution < -0.4 is 5.73 Å². The van der Waals surface area contributed by atoms with E-state index < -0.39 is 6.04 Å². The summed E-state index contributed by atoms with van der Waals surface area (Å²) < 4.78 is 0. The second-order valence-corrected chi connectivity index (χ2v) is 4.68. The number of hydrogen-bond acceptors (Lipinski definition) is 3. The summed E-state index contributed by atoms with van der Waals surface area (Å²) >= 11 is 0. The lowest BCUT2D eigenvalue weighted by atomic mass is 10.0. The van der Waals surface area contributed by atoms with Gasteiger partial charge in [-0.3, -0.25) is 4.79 Å². The fourth-order valence-corrected chi connectivity index (χ4v) is 2.05. The van der Waals surface area contributed by atoms with E-state index in [9.17, 15) is 4.79 Å². The number of amides is 1. The topological polar surface area (TPSA) is 66.6 Å². The SMILES string of the molecule is CCCN(CCO)C(=O)C(N)CCc1ccccc1. The molecule has 0 bridgehead atoms. The largest absolute Gasteiger partial charge is 0.395 e. The molecule has 0 spiro atoms. The van der Waals surface area contributed by atoms with Crippen LogP contribution in [-0.2, 0) is 11.2 Å². The van der Waals surface area contributed by atoms with Crippen LogP contribution in [-0.4, -0.2) is 41.7 Å². The van der Waals surface area contributed by atoms with Gasteiger partial charge in [-0.25, -0.2) is 0 Å². The first-order chi connectivity index (χ1) is 9.19. The smallest absolute Gasteiger partial charge is 0.239 e. The quantitative estimate of drug-likeness (QED) is 0.741. The standard InChI is InChI=1S/C15H24N2O2/c1-2-10-17(11-12-18)15(19)14(16)9-8-13-6-4-3-5-7-13/h3-7,14,18H,2,8-12,16H2,1H3. The molecule has 4 nitrogen and oxygen atoms in total. The molecule has 0 radical (unpaired) electrons. The van der Waals surface area contributed by atoms with Gasteiger partial charge in [0.05, 0.1) is 12.6 Å². The van der Waals surface area contributed by atoms with Crippen LogP contribution >= 0.6 is 0 Å². The van der Waals surface area contributed by atoms with Gasteiger partial charge in [0, 0.05) is 13.1 Å². The van der Waals surface area contributed by atoms with Crippen LogP contribution in [0, 0.1) is 0 Å². The Bertz CT molecular complexity index is 362. The molecule has 19 heavy (non-hydrogen) atoms. The van der Waals surface area contributed by atoms with E-state index >= 15 is 0 Å². The van der Waals surface area contributed by atoms with E-state index in [0.717, 1.165) is 12.8 Å². The Hall–Kier alpha value is -1.39. The highest BCUT2D eigenvalue weighted by molar-refractivity contribution is 5.81. The molecule has 0 saturated heterocycles. The number of aliphatic hydroxyl groups is 1. The Balaban J connectivity index is 2.46. The van der Waals surface area contributed by atoms with E-state index in [1.54, 1.807) is 4.90 Å². The lowest BCUT2D eigenvalue weighted by molar-refractivity contribution is -0.133. The van der Waals surface area contributed by atoms with Crippen molar-refractivity contribution in [2.24, 2.45) is 5.73 Å². The zero-order chi connectivity index (χ0) is 14.1. The van der Waals surface area contributed by atoms with E-state index in [1.165, 1.54) is 5.56 Å². The Morgan fingerprint density at radius 2 is 2.00 bits per heavy atom. The fourth-order valence-electron chi connectivity index (χ4n) is 2.05. The number of rotatable bonds is 8. The summed E-state index contributed by atoms with van der Waals surface area (Å²) in [6, 6.07) is 9.52. The molecule has 1 aromatic rings. The molecule has 1 unspecified atom stereocenters. The average molecular weight is 264 g/mol. The van der Waals surface area contributed by atoms with Gasteiger partial charge in [-0.2, -0.15) is 0 Å². The second-order valence-electron chi connectivity index (χ2n) is 4.68. The van der Waals surface area contributed by atoms with Gasteiger partial charge in [0.2, 0.25) is 5.91 Å². The van der Waals surface area contributed by atoms with Gasteiger partial charge in [0.1, 0.15) is 0 Å². The number of hydrogen-bond donors (Lipinski definition) is 2. The number of nitrogens with zero attached hydrogens (tertiary/aromatic N) is 1. The van der Waals surface area contributed by atoms with Crippen LogP contribution in [0.4, 0.5) is 0 Å². The number of aliphatic hydroxyl groups excluding tert-OH is 1. The summed E-state index contributed by atoms with van der Waals surface area (Å²) in [5, 5.41) is 8.97. The summed E-state index contributed by atoms with van der Waals surface area (Å²) in [4.78, 5) is 13.8. The molecule has 0 heterocycles. The molecule has 1 amide bonds. The maximum atomic E-state index is 12.1. The highest BCUT2D eigenvalue weighted by atomic mass is 16.3. The second kappa shape index (κ2) is 8.67. The van der Waals surface area contributed by atoms with Gasteiger partial charge in [0.15, 0.2) is 0 Å². The van der Waals surface area contributed by atoms with E-state index in [2.05, 4.69) is 0 Å². The van der Waals surface area contributed by atoms with E-state index in [-0.39, 0.29) is 12.5 Å². The van der Waals surface area contributed by atoms with Crippen molar-refractivity contribution in [3.63, 3.8) is 0 Å². The molecule has 1 aromatic carbocycles. The summed E-state index contributed by atoms with van der Waals surface area (Å²) in [6.45, 7) is 3.01. The van der Waals surface area contributed by atoms with Crippen molar-refractivity contribution in [1.29, 1.82) is 0 Å². The minimum atomic E-state index is -0.488. The van der Waals surface area contributed by atoms with Crippen LogP contribution in [0.15, 0.2) is 30.3 Å². The first-order valence-electron chi connectivity index (χ1n) is 6.88. The molecule has 3 N–H and O–H groups in total. The van der Waals surface area contributed by atoms with Gasteiger partial charge in [-0.1, -0.05) is 37.3 Å². The zero-order valence-electron chi connectivity index (χ0n) is 11.6. The van der Waals surface area contributed by atoms with Gasteiger partial charge in [0.25, 0.3) is 0 Å². The summed E-state index contributed by atoms with van der Waals surface area (Å²) in [6.07, 6.45) is 2.30. The van der Waals surface area contributed by atoms with Crippen molar-refractivity contribution < 1.29 is 9.90 Å². The van der Waals surface area contributed by atoms with Crippen LogP contribution in [0.3, 0.4) is 0 Å². The van der Waals surface area contributed by atoms with Crippen molar-refractivity contribution in [2.75, 3.05) is 19.7 Å². The minimum Gasteiger partial charge on any atom is -0.395 e. The van der Waals surface area contributed by atoms with E-state index in [1.807, 2.05) is 37.3 Å². The van der Waals surface area contributed by atoms with Crippen molar-refractivity contribution in [3.05, 3.63) is 35.9 Å². The van der Waals surface area contributed by atoms with Gasteiger partial charge in [-0.15, -0.1) is 0 Å². The molecule has 0 aliphatic heterocycles. The summed E-state index contributed by atoms with van der Waals surface area (Å²) in [7, 11) is 0. The van der Waals surface area contributed by atoms with Crippen LogP contribution in [0.25, 0.3) is 0 Å². The minimum absolute atomic E-state index is 0.0167. The average Bonchev–Trinajstić information content (AvgIpc) is 2.45. The van der Waals surface area contributed by atoms with Crippen molar-refractivity contribution in [1.82, 2.24) is 4.90 Å². The lowest BCUT2D eigenvalue weighted by Crippen LogP contribution is -2.45. The Morgan fingerprint density at radius 3 is 2.58 bits per heavy atom. The zero-order valence-corrected chi connectivity index (χ0v) is 11.6. The first-order valence-corrected chi connectivity index (χ1v) is 6.88. The van der Waals surface area contributed by atoms with E-state index in [4.69, 9.17) is 10.8 Å². The molecule has 106 valence electrons. The van der Waals surface area contributed by atoms with Crippen LogP contribution in [0.2, 0.25) is 0 Å². The molecule has 1 atom stereocenters. The molecule has 0 aliphatic carbocycles. The number of aryl methyl sites for hydroxylation is 1. The van der Waals surface area contributed by atoms with E-state index in [0.29, 0.717) is 19.5 Å². The van der Waals surface area contributed by atoms with Crippen LogP contribution in [0.1, 0.15) is 25.3 Å². The Kier molecular flexibility index (Phi) is 7.15. The lowest BCUT2D eigenvalue weighted by Gasteiger charge is -2.24. The molecule has 0 aliphatic rings. The van der Waals surface area contributed by atoms with Gasteiger partial charge >= 0.3 is 0 Å². The highest BCUT2D eigenvalue weighted by Gasteiger charge is 2.19. The predicted octanol–water partition coefficient (Wildman–Crippen LogP) is 1.18. The number of carbonyl (C=O) groups excluding carboxylic acids is 1. The normalized spacial score (nSPS) is 12.2. The molecule has 0 aromatic heterocycles. The highest BCUT2D eigenvalue weighted by Crippen LogP contribution is 2.06. The fraction of sp³-hybridized carbons (Fsp3) is 0.533. The number of carbonyl (C=O) groups is 1. The Labute approximate surface area is 115 Å². The van der Waals surface area contributed by atoms with Crippen LogP contribution in [0.5, 0.6) is 0 Å². The third-order valence-electron chi connectivity index (χ3n) is 3.08. The number of nitrogens with two attached hydrogens (primary N) is 1. The van der Waals surface area contributed by atoms with Gasteiger partial charge in [-0.05, 0) is 24.8 Å². The third kappa shape index (κ3) is 5.41. The molecule has 0 fully saturated rings. The van der Waals surface area contributed by atoms with Gasteiger partial charge < -0.3 is 15.7 Å². The predicted molar refractivity (Wildman–Crippen MR) is 76.7 cm³/mol. The van der Waals surface area contributed by atoms with Crippen molar-refractivity contribution >= 4 is 5.91 Å². The third-order valence-corrected chi connectivity index (χ3v) is 3.08. The summed E-state index contributed by atoms with van der Waals surface area (Å²) in [5.41, 5.74) is 7.14. The molecular weight excluding hydrogens is 240 g/mol. The monoisotopic (exact) mass is 264 g/mol. The number of benzene rings is 1. The van der Waals surface area contributed by atoms with Crippen molar-refractivity contribution in [2.45, 2.75) is 32.2 Å². The first kappa shape index (κ1) is 15.7. The Morgan fingerprint density at radius 1 is 1.32 bits per heavy atom. The maximum absolute atomic E-state index is 12.1. The molecule has 4 heteroatoms. The summed E-state index contributed by atoms with van der Waals surface area (Å²) in [5.74, 6) is -0.0631. The molecule has 1 rings (SSSR count). The molecular formula is C15H24N2O2. The molecule has 0 saturated carbocycles. The maximum Gasteiger partial charge on any atom is 0.239 e.